The van der Waals surface area contributed by atoms with Gasteiger partial charge >= 0.3 is 0 Å². The van der Waals surface area contributed by atoms with Crippen LogP contribution in [0, 0.1) is 18.3 Å². The van der Waals surface area contributed by atoms with Crippen LogP contribution in [0.4, 0.5) is 0 Å². The fourth-order valence-electron chi connectivity index (χ4n) is 3.65. The Bertz CT molecular complexity index is 813. The number of carbonyl (C=O) groups is 1. The van der Waals surface area contributed by atoms with Crippen LogP contribution in [0.3, 0.4) is 0 Å². The third-order valence-corrected chi connectivity index (χ3v) is 11.3. The molecule has 2 heterocycles. The van der Waals surface area contributed by atoms with E-state index in [-0.39, 0.29) is 23.0 Å². The van der Waals surface area contributed by atoms with Gasteiger partial charge in [-0.2, -0.15) is 5.26 Å². The molecule has 146 valence electrons. The second-order valence-electron chi connectivity index (χ2n) is 9.06. The lowest BCUT2D eigenvalue weighted by molar-refractivity contribution is -0.122. The first-order chi connectivity index (χ1) is 12.5. The second-order valence-corrected chi connectivity index (χ2v) is 14.2. The van der Waals surface area contributed by atoms with Crippen LogP contribution in [0.25, 0.3) is 0 Å². The van der Waals surface area contributed by atoms with E-state index in [0.29, 0.717) is 10.6 Å². The second kappa shape index (κ2) is 6.98. The van der Waals surface area contributed by atoms with Gasteiger partial charge in [0.05, 0.1) is 16.7 Å². The summed E-state index contributed by atoms with van der Waals surface area (Å²) in [7, 11) is -1.96. The molecule has 1 aromatic carbocycles. The van der Waals surface area contributed by atoms with Gasteiger partial charge in [0, 0.05) is 6.54 Å². The largest absolute Gasteiger partial charge is 0.412 e. The van der Waals surface area contributed by atoms with E-state index in [2.05, 4.69) is 45.4 Å². The monoisotopic (exact) mass is 405 g/mol. The number of halogens is 1. The van der Waals surface area contributed by atoms with Crippen LogP contribution in [0.1, 0.15) is 49.9 Å². The molecule has 3 atom stereocenters. The van der Waals surface area contributed by atoms with Crippen molar-refractivity contribution in [2.45, 2.75) is 70.4 Å². The van der Waals surface area contributed by atoms with Crippen molar-refractivity contribution in [3.63, 3.8) is 0 Å². The smallest absolute Gasteiger partial charge is 0.192 e. The molecule has 1 unspecified atom stereocenters. The number of hydrogen-bond acceptors (Lipinski definition) is 5. The molecule has 2 saturated heterocycles. The first-order valence-corrected chi connectivity index (χ1v) is 12.7. The quantitative estimate of drug-likeness (QED) is 0.766. The van der Waals surface area contributed by atoms with Crippen LogP contribution in [-0.4, -0.2) is 37.8 Å². The van der Waals surface area contributed by atoms with Crippen LogP contribution >= 0.6 is 11.6 Å². The first-order valence-electron chi connectivity index (χ1n) is 9.41. The van der Waals surface area contributed by atoms with Gasteiger partial charge in [-0.1, -0.05) is 38.4 Å². The van der Waals surface area contributed by atoms with Crippen molar-refractivity contribution in [2.24, 2.45) is 0 Å². The summed E-state index contributed by atoms with van der Waals surface area (Å²) in [6.45, 7) is 13.7. The van der Waals surface area contributed by atoms with Crippen molar-refractivity contribution in [3.05, 3.63) is 33.8 Å². The van der Waals surface area contributed by atoms with Gasteiger partial charge in [-0.05, 0) is 48.7 Å². The van der Waals surface area contributed by atoms with Gasteiger partial charge in [0.2, 0.25) is 0 Å². The van der Waals surface area contributed by atoms with Crippen LogP contribution in [0.2, 0.25) is 23.2 Å². The summed E-state index contributed by atoms with van der Waals surface area (Å²) in [5.41, 5.74) is 5.41. The average Bonchev–Trinajstić information content (AvgIpc) is 3.10. The molecule has 0 radical (unpaired) electrons. The summed E-state index contributed by atoms with van der Waals surface area (Å²) >= 11 is 6.32. The van der Waals surface area contributed by atoms with Gasteiger partial charge < -0.3 is 4.43 Å². The van der Waals surface area contributed by atoms with Crippen molar-refractivity contribution >= 4 is 25.7 Å². The van der Waals surface area contributed by atoms with Crippen molar-refractivity contribution < 1.29 is 9.22 Å². The number of Topliss-reactive ketones (excluding diaryl/α,β-unsaturated/α-hetero) is 1. The number of hydrazine groups is 1. The normalized spacial score (nSPS) is 26.3. The Hall–Kier alpha value is -1.23. The molecular formula is C20H28ClN3O2Si. The lowest BCUT2D eigenvalue weighted by Gasteiger charge is -2.39. The first kappa shape index (κ1) is 20.5. The minimum Gasteiger partial charge on any atom is -0.412 e. The van der Waals surface area contributed by atoms with Crippen molar-refractivity contribution in [3.8, 4) is 6.07 Å². The van der Waals surface area contributed by atoms with E-state index in [0.717, 1.165) is 24.1 Å². The summed E-state index contributed by atoms with van der Waals surface area (Å²) in [5.74, 6) is 0.125. The molecule has 0 saturated carbocycles. The number of rotatable bonds is 3. The van der Waals surface area contributed by atoms with Crippen molar-refractivity contribution in [1.82, 2.24) is 10.4 Å². The highest BCUT2D eigenvalue weighted by Crippen LogP contribution is 2.41. The van der Waals surface area contributed by atoms with Crippen molar-refractivity contribution in [2.75, 3.05) is 6.54 Å². The molecule has 0 bridgehead atoms. The molecule has 3 rings (SSSR count). The van der Waals surface area contributed by atoms with Gasteiger partial charge in [-0.15, -0.1) is 0 Å². The Morgan fingerprint density at radius 3 is 2.63 bits per heavy atom. The van der Waals surface area contributed by atoms with Crippen molar-refractivity contribution in [1.29, 1.82) is 5.26 Å². The van der Waals surface area contributed by atoms with E-state index in [1.54, 1.807) is 6.07 Å². The van der Waals surface area contributed by atoms with Gasteiger partial charge in [0.1, 0.15) is 18.2 Å². The zero-order valence-corrected chi connectivity index (χ0v) is 18.6. The molecule has 2 aliphatic heterocycles. The molecule has 1 aromatic rings. The molecular weight excluding hydrogens is 378 g/mol. The maximum absolute atomic E-state index is 13.3. The van der Waals surface area contributed by atoms with E-state index in [4.69, 9.17) is 21.3 Å². The highest BCUT2D eigenvalue weighted by Gasteiger charge is 2.52. The number of nitrogens with zero attached hydrogens (tertiary/aromatic N) is 2. The predicted octanol–water partition coefficient (Wildman–Crippen LogP) is 4.11. The molecule has 2 aliphatic rings. The molecule has 0 spiro atoms. The van der Waals surface area contributed by atoms with Crippen LogP contribution in [0.15, 0.2) is 12.1 Å². The van der Waals surface area contributed by atoms with E-state index >= 15 is 0 Å². The molecule has 0 aliphatic carbocycles. The topological polar surface area (TPSA) is 65.4 Å². The third kappa shape index (κ3) is 3.48. The predicted molar refractivity (Wildman–Crippen MR) is 109 cm³/mol. The number of benzene rings is 1. The number of carbonyl (C=O) groups excluding carboxylic acids is 1. The van der Waals surface area contributed by atoms with Crippen LogP contribution in [0.5, 0.6) is 0 Å². The zero-order valence-electron chi connectivity index (χ0n) is 16.9. The fraction of sp³-hybridized carbons (Fsp3) is 0.600. The molecule has 5 nitrogen and oxygen atoms in total. The Balaban J connectivity index is 1.85. The number of nitrogens with one attached hydrogen (secondary N) is 1. The SMILES string of the molecule is Cc1c(C2NN3CC[C@H](O[Si](C)(C)C(C)(C)C)[C@H]3C2=O)ccc(C#N)c1Cl. The van der Waals surface area contributed by atoms with Gasteiger partial charge in [-0.3, -0.25) is 4.79 Å². The van der Waals surface area contributed by atoms with E-state index in [1.807, 2.05) is 18.0 Å². The molecule has 7 heteroatoms. The van der Waals surface area contributed by atoms with Gasteiger partial charge in [0.25, 0.3) is 0 Å². The minimum atomic E-state index is -1.96. The van der Waals surface area contributed by atoms with Gasteiger partial charge in [-0.25, -0.2) is 10.4 Å². The molecule has 27 heavy (non-hydrogen) atoms. The Morgan fingerprint density at radius 1 is 1.37 bits per heavy atom. The highest BCUT2D eigenvalue weighted by atomic mass is 35.5. The maximum Gasteiger partial charge on any atom is 0.192 e. The number of hydrogen-bond donors (Lipinski definition) is 1. The molecule has 0 aromatic heterocycles. The van der Waals surface area contributed by atoms with Gasteiger partial charge in [0.15, 0.2) is 14.1 Å². The highest BCUT2D eigenvalue weighted by molar-refractivity contribution is 6.74. The Labute approximate surface area is 167 Å². The summed E-state index contributed by atoms with van der Waals surface area (Å²) in [5, 5.41) is 11.7. The van der Waals surface area contributed by atoms with E-state index in [1.165, 1.54) is 0 Å². The molecule has 0 amide bonds. The fourth-order valence-corrected chi connectivity index (χ4v) is 5.22. The lowest BCUT2D eigenvalue weighted by atomic mass is 9.93. The summed E-state index contributed by atoms with van der Waals surface area (Å²) in [4.78, 5) is 13.3. The van der Waals surface area contributed by atoms with E-state index in [9.17, 15) is 4.79 Å². The zero-order chi connectivity index (χ0) is 20.1. The van der Waals surface area contributed by atoms with Crippen LogP contribution < -0.4 is 5.43 Å². The van der Waals surface area contributed by atoms with Crippen LogP contribution in [-0.2, 0) is 9.22 Å². The lowest BCUT2D eigenvalue weighted by Crippen LogP contribution is -2.48. The number of fused-ring (bicyclic) bond motifs is 1. The minimum absolute atomic E-state index is 0.0787. The third-order valence-electron chi connectivity index (χ3n) is 6.33. The summed E-state index contributed by atoms with van der Waals surface area (Å²) in [6.07, 6.45) is 0.778. The number of ketones is 1. The standard InChI is InChI=1S/C20H28ClN3O2Si/c1-12-14(8-7-13(11-22)16(12)21)17-19(25)18-15(9-10-24(18)23-17)26-27(5,6)20(2,3)4/h7-8,15,17-18,23H,9-10H2,1-6H3/t15-,17?,18-/m0/s1. The molecule has 2 fully saturated rings. The average molecular weight is 406 g/mol. The van der Waals surface area contributed by atoms with E-state index < -0.39 is 14.4 Å². The Kier molecular flexibility index (Phi) is 5.30. The summed E-state index contributed by atoms with van der Waals surface area (Å²) < 4.78 is 6.59. The Morgan fingerprint density at radius 2 is 2.04 bits per heavy atom. The summed E-state index contributed by atoms with van der Waals surface area (Å²) in [6, 6.07) is 4.91. The molecule has 1 N–H and O–H groups in total. The number of nitriles is 1. The maximum atomic E-state index is 13.3.